The van der Waals surface area contributed by atoms with E-state index in [0.29, 0.717) is 18.5 Å². The summed E-state index contributed by atoms with van der Waals surface area (Å²) in [6.45, 7) is 0. The number of hydrogen-bond donors (Lipinski definition) is 1. The Labute approximate surface area is 134 Å². The second-order valence-corrected chi connectivity index (χ2v) is 5.64. The van der Waals surface area contributed by atoms with Crippen molar-refractivity contribution in [3.05, 3.63) is 43.0 Å². The fourth-order valence-corrected chi connectivity index (χ4v) is 3.14. The Balaban J connectivity index is 1.80. The van der Waals surface area contributed by atoms with Crippen LogP contribution in [0.15, 0.2) is 43.0 Å². The first-order valence-corrected chi connectivity index (χ1v) is 7.66. The molecule has 1 aliphatic carbocycles. The normalized spacial score (nSPS) is 20.2. The van der Waals surface area contributed by atoms with Crippen molar-refractivity contribution in [2.75, 3.05) is 12.4 Å². The number of imidazole rings is 1. The summed E-state index contributed by atoms with van der Waals surface area (Å²) in [6, 6.07) is 7.51. The summed E-state index contributed by atoms with van der Waals surface area (Å²) in [6.07, 6.45) is 7.45. The highest BCUT2D eigenvalue weighted by Gasteiger charge is 2.38. The number of ether oxygens (including phenoxy) is 1. The molecule has 1 heterocycles. The molecule has 2 atom stereocenters. The van der Waals surface area contributed by atoms with Gasteiger partial charge in [-0.3, -0.25) is 9.59 Å². The molecule has 120 valence electrons. The van der Waals surface area contributed by atoms with Gasteiger partial charge >= 0.3 is 5.97 Å². The lowest BCUT2D eigenvalue weighted by atomic mass is 9.95. The Morgan fingerprint density at radius 2 is 2.04 bits per heavy atom. The van der Waals surface area contributed by atoms with E-state index in [4.69, 9.17) is 4.74 Å². The summed E-state index contributed by atoms with van der Waals surface area (Å²) >= 11 is 0. The first-order valence-electron chi connectivity index (χ1n) is 7.66. The van der Waals surface area contributed by atoms with Gasteiger partial charge in [0.25, 0.3) is 0 Å². The number of aromatic nitrogens is 2. The van der Waals surface area contributed by atoms with Crippen LogP contribution in [0.1, 0.15) is 19.3 Å². The van der Waals surface area contributed by atoms with Gasteiger partial charge in [-0.25, -0.2) is 4.98 Å². The van der Waals surface area contributed by atoms with Gasteiger partial charge in [0.15, 0.2) is 0 Å². The zero-order chi connectivity index (χ0) is 16.2. The third kappa shape index (κ3) is 3.11. The van der Waals surface area contributed by atoms with Crippen molar-refractivity contribution in [2.45, 2.75) is 19.3 Å². The van der Waals surface area contributed by atoms with Crippen LogP contribution in [0.3, 0.4) is 0 Å². The summed E-state index contributed by atoms with van der Waals surface area (Å²) < 4.78 is 6.65. The van der Waals surface area contributed by atoms with Gasteiger partial charge in [-0.15, -0.1) is 0 Å². The fraction of sp³-hybridized carbons (Fsp3) is 0.353. The molecule has 2 aromatic rings. The van der Waals surface area contributed by atoms with Crippen molar-refractivity contribution >= 4 is 17.6 Å². The maximum Gasteiger partial charge on any atom is 0.309 e. The van der Waals surface area contributed by atoms with Crippen LogP contribution in [-0.4, -0.2) is 28.5 Å². The van der Waals surface area contributed by atoms with Gasteiger partial charge in [0.05, 0.1) is 36.6 Å². The molecular weight excluding hydrogens is 294 g/mol. The van der Waals surface area contributed by atoms with E-state index in [-0.39, 0.29) is 23.7 Å². The number of esters is 1. The monoisotopic (exact) mass is 313 g/mol. The van der Waals surface area contributed by atoms with Crippen molar-refractivity contribution in [3.8, 4) is 5.69 Å². The molecule has 1 fully saturated rings. The minimum Gasteiger partial charge on any atom is -0.469 e. The van der Waals surface area contributed by atoms with Gasteiger partial charge < -0.3 is 14.6 Å². The van der Waals surface area contributed by atoms with Gasteiger partial charge in [-0.2, -0.15) is 0 Å². The van der Waals surface area contributed by atoms with E-state index in [1.54, 1.807) is 12.5 Å². The van der Waals surface area contributed by atoms with Crippen molar-refractivity contribution in [1.29, 1.82) is 0 Å². The summed E-state index contributed by atoms with van der Waals surface area (Å²) in [5, 5.41) is 2.95. The van der Waals surface area contributed by atoms with Crippen molar-refractivity contribution in [1.82, 2.24) is 9.55 Å². The first-order chi connectivity index (χ1) is 11.2. The highest BCUT2D eigenvalue weighted by Crippen LogP contribution is 2.34. The summed E-state index contributed by atoms with van der Waals surface area (Å²) in [4.78, 5) is 28.5. The Bertz CT molecular complexity index is 697. The Morgan fingerprint density at radius 1 is 1.26 bits per heavy atom. The van der Waals surface area contributed by atoms with Crippen LogP contribution in [0.4, 0.5) is 5.69 Å². The van der Waals surface area contributed by atoms with Crippen LogP contribution in [0.25, 0.3) is 5.69 Å². The van der Waals surface area contributed by atoms with E-state index in [1.807, 2.05) is 35.0 Å². The van der Waals surface area contributed by atoms with Gasteiger partial charge in [-0.1, -0.05) is 18.6 Å². The lowest BCUT2D eigenvalue weighted by Crippen LogP contribution is -2.31. The minimum absolute atomic E-state index is 0.134. The molecule has 0 saturated heterocycles. The molecule has 1 saturated carbocycles. The predicted octanol–water partition coefficient (Wildman–Crippen LogP) is 2.40. The molecule has 1 N–H and O–H groups in total. The molecular formula is C17H19N3O3. The molecule has 1 aliphatic rings. The van der Waals surface area contributed by atoms with Gasteiger partial charge in [0.1, 0.15) is 0 Å². The van der Waals surface area contributed by atoms with Crippen LogP contribution < -0.4 is 5.32 Å². The number of hydrogen-bond acceptors (Lipinski definition) is 4. The molecule has 0 radical (unpaired) electrons. The molecule has 0 unspecified atom stereocenters. The number of amides is 1. The molecule has 1 aromatic carbocycles. The molecule has 6 nitrogen and oxygen atoms in total. The highest BCUT2D eigenvalue weighted by molar-refractivity contribution is 5.97. The number of nitrogens with one attached hydrogen (secondary N) is 1. The second-order valence-electron chi connectivity index (χ2n) is 5.64. The van der Waals surface area contributed by atoms with Crippen LogP contribution in [-0.2, 0) is 14.3 Å². The van der Waals surface area contributed by atoms with E-state index in [9.17, 15) is 9.59 Å². The largest absolute Gasteiger partial charge is 0.469 e. The maximum absolute atomic E-state index is 12.6. The lowest BCUT2D eigenvalue weighted by Gasteiger charge is -2.18. The van der Waals surface area contributed by atoms with Crippen LogP contribution in [0.5, 0.6) is 0 Å². The van der Waals surface area contributed by atoms with Crippen molar-refractivity contribution < 1.29 is 14.3 Å². The molecule has 0 spiro atoms. The number of carbonyl (C=O) groups is 2. The van der Waals surface area contributed by atoms with E-state index in [1.165, 1.54) is 7.11 Å². The van der Waals surface area contributed by atoms with E-state index in [2.05, 4.69) is 10.3 Å². The number of anilines is 1. The Hall–Kier alpha value is -2.63. The summed E-state index contributed by atoms with van der Waals surface area (Å²) in [5.41, 5.74) is 1.54. The van der Waals surface area contributed by atoms with Crippen LogP contribution >= 0.6 is 0 Å². The quantitative estimate of drug-likeness (QED) is 0.880. The predicted molar refractivity (Wildman–Crippen MR) is 85.0 cm³/mol. The third-order valence-corrected chi connectivity index (χ3v) is 4.30. The van der Waals surface area contributed by atoms with Crippen molar-refractivity contribution in [3.63, 3.8) is 0 Å². The zero-order valence-corrected chi connectivity index (χ0v) is 12.9. The SMILES string of the molecule is COC(=O)[C@@H]1CCC[C@@H]1C(=O)Nc1ccccc1-n1ccnc1. The number of methoxy groups -OCH3 is 1. The van der Waals surface area contributed by atoms with E-state index < -0.39 is 0 Å². The summed E-state index contributed by atoms with van der Waals surface area (Å²) in [7, 11) is 1.37. The average molecular weight is 313 g/mol. The average Bonchev–Trinajstić information content (AvgIpc) is 3.26. The lowest BCUT2D eigenvalue weighted by molar-refractivity contribution is -0.148. The van der Waals surface area contributed by atoms with E-state index >= 15 is 0 Å². The zero-order valence-electron chi connectivity index (χ0n) is 12.9. The number of nitrogens with zero attached hydrogens (tertiary/aromatic N) is 2. The molecule has 6 heteroatoms. The Kier molecular flexibility index (Phi) is 4.41. The molecule has 1 aromatic heterocycles. The fourth-order valence-electron chi connectivity index (χ4n) is 3.14. The topological polar surface area (TPSA) is 73.2 Å². The first kappa shape index (κ1) is 15.3. The molecule has 0 aliphatic heterocycles. The highest BCUT2D eigenvalue weighted by atomic mass is 16.5. The standard InChI is InChI=1S/C17H19N3O3/c1-23-17(22)13-6-4-5-12(13)16(21)19-14-7-2-3-8-15(14)20-10-9-18-11-20/h2-3,7-13H,4-6H2,1H3,(H,19,21)/t12-,13+/m0/s1. The smallest absolute Gasteiger partial charge is 0.309 e. The van der Waals surface area contributed by atoms with Crippen molar-refractivity contribution in [2.24, 2.45) is 11.8 Å². The van der Waals surface area contributed by atoms with Crippen LogP contribution in [0, 0.1) is 11.8 Å². The van der Waals surface area contributed by atoms with Gasteiger partial charge in [0.2, 0.25) is 5.91 Å². The minimum atomic E-state index is -0.347. The molecule has 3 rings (SSSR count). The molecule has 0 bridgehead atoms. The van der Waals surface area contributed by atoms with Gasteiger partial charge in [0, 0.05) is 12.4 Å². The number of rotatable bonds is 4. The molecule has 1 amide bonds. The van der Waals surface area contributed by atoms with E-state index in [0.717, 1.165) is 12.1 Å². The van der Waals surface area contributed by atoms with Gasteiger partial charge in [-0.05, 0) is 25.0 Å². The maximum atomic E-state index is 12.6. The number of para-hydroxylation sites is 2. The second kappa shape index (κ2) is 6.64. The van der Waals surface area contributed by atoms with Crippen LogP contribution in [0.2, 0.25) is 0 Å². The number of carbonyl (C=O) groups excluding carboxylic acids is 2. The number of benzene rings is 1. The molecule has 23 heavy (non-hydrogen) atoms. The summed E-state index contributed by atoms with van der Waals surface area (Å²) in [5.74, 6) is -1.12. The third-order valence-electron chi connectivity index (χ3n) is 4.30. The Morgan fingerprint density at radius 3 is 2.78 bits per heavy atom.